The van der Waals surface area contributed by atoms with E-state index in [1.165, 1.54) is 0 Å². The van der Waals surface area contributed by atoms with Crippen LogP contribution in [-0.2, 0) is 19.1 Å². The molecular weight excluding hydrogens is 400 g/mol. The minimum atomic E-state index is -4.66. The number of carbonyl (C=O) groups is 1. The summed E-state index contributed by atoms with van der Waals surface area (Å²) < 4.78 is 52.6. The molecule has 2 rings (SSSR count). The molecule has 0 aliphatic rings. The summed E-state index contributed by atoms with van der Waals surface area (Å²) in [6.45, 7) is 2.56. The first-order valence-corrected chi connectivity index (χ1v) is 9.43. The number of hydrogen-bond donors (Lipinski definition) is 3. The van der Waals surface area contributed by atoms with E-state index in [0.717, 1.165) is 17.7 Å². The SMILES string of the molecule is CCNC(=NCc1ccc(F)cc1C(F)(F)F)NCCc1cccc(C(=O)NC)c1. The molecule has 0 unspecified atom stereocenters. The van der Waals surface area contributed by atoms with Crippen LogP contribution >= 0.6 is 0 Å². The third-order valence-corrected chi connectivity index (χ3v) is 4.25. The van der Waals surface area contributed by atoms with Crippen LogP contribution in [0.3, 0.4) is 0 Å². The number of aliphatic imine (C=N–C) groups is 1. The number of nitrogens with one attached hydrogen (secondary N) is 3. The molecule has 2 aromatic carbocycles. The van der Waals surface area contributed by atoms with E-state index in [4.69, 9.17) is 0 Å². The van der Waals surface area contributed by atoms with Gasteiger partial charge in [0.2, 0.25) is 0 Å². The second-order valence-corrected chi connectivity index (χ2v) is 6.45. The molecule has 0 saturated heterocycles. The van der Waals surface area contributed by atoms with Gasteiger partial charge in [0.15, 0.2) is 5.96 Å². The Labute approximate surface area is 172 Å². The molecule has 2 aromatic rings. The number of nitrogens with zero attached hydrogens (tertiary/aromatic N) is 1. The molecule has 0 fully saturated rings. The molecule has 0 spiro atoms. The number of amides is 1. The van der Waals surface area contributed by atoms with E-state index >= 15 is 0 Å². The van der Waals surface area contributed by atoms with Gasteiger partial charge in [-0.1, -0.05) is 18.2 Å². The van der Waals surface area contributed by atoms with Crippen molar-refractivity contribution in [1.29, 1.82) is 0 Å². The third-order valence-electron chi connectivity index (χ3n) is 4.25. The van der Waals surface area contributed by atoms with Gasteiger partial charge >= 0.3 is 6.18 Å². The second kappa shape index (κ2) is 10.6. The Bertz CT molecular complexity index is 897. The first-order chi connectivity index (χ1) is 14.2. The maximum atomic E-state index is 13.2. The number of hydrogen-bond acceptors (Lipinski definition) is 2. The van der Waals surface area contributed by atoms with E-state index < -0.39 is 17.6 Å². The Balaban J connectivity index is 2.05. The first kappa shape index (κ1) is 23.2. The number of carbonyl (C=O) groups excluding carboxylic acids is 1. The molecule has 1 amide bonds. The highest BCUT2D eigenvalue weighted by atomic mass is 19.4. The van der Waals surface area contributed by atoms with E-state index in [9.17, 15) is 22.4 Å². The maximum absolute atomic E-state index is 13.2. The molecule has 0 radical (unpaired) electrons. The van der Waals surface area contributed by atoms with Crippen LogP contribution in [-0.4, -0.2) is 32.0 Å². The van der Waals surface area contributed by atoms with E-state index in [0.29, 0.717) is 37.1 Å². The van der Waals surface area contributed by atoms with Gasteiger partial charge in [-0.3, -0.25) is 4.79 Å². The van der Waals surface area contributed by atoms with Crippen molar-refractivity contribution in [1.82, 2.24) is 16.0 Å². The summed E-state index contributed by atoms with van der Waals surface area (Å²) in [7, 11) is 1.56. The lowest BCUT2D eigenvalue weighted by atomic mass is 10.1. The average Bonchev–Trinajstić information content (AvgIpc) is 2.71. The van der Waals surface area contributed by atoms with Crippen LogP contribution in [0.1, 0.15) is 34.0 Å². The summed E-state index contributed by atoms with van der Waals surface area (Å²) in [5.41, 5.74) is 0.330. The summed E-state index contributed by atoms with van der Waals surface area (Å²) in [6.07, 6.45) is -4.08. The number of rotatable bonds is 7. The molecule has 3 N–H and O–H groups in total. The summed E-state index contributed by atoms with van der Waals surface area (Å²) in [5.74, 6) is -0.782. The van der Waals surface area contributed by atoms with Gasteiger partial charge in [0.25, 0.3) is 5.91 Å². The molecule has 0 saturated carbocycles. The topological polar surface area (TPSA) is 65.5 Å². The summed E-state index contributed by atoms with van der Waals surface area (Å²) in [5, 5.41) is 8.58. The Morgan fingerprint density at radius 3 is 2.53 bits per heavy atom. The highest BCUT2D eigenvalue weighted by Gasteiger charge is 2.33. The molecule has 0 atom stereocenters. The summed E-state index contributed by atoms with van der Waals surface area (Å²) in [6, 6.07) is 9.71. The second-order valence-electron chi connectivity index (χ2n) is 6.45. The number of benzene rings is 2. The monoisotopic (exact) mass is 424 g/mol. The molecule has 0 heterocycles. The van der Waals surface area contributed by atoms with Crippen LogP contribution in [0.2, 0.25) is 0 Å². The molecule has 0 aromatic heterocycles. The van der Waals surface area contributed by atoms with Crippen molar-refractivity contribution in [3.05, 3.63) is 70.5 Å². The molecule has 0 bridgehead atoms. The first-order valence-electron chi connectivity index (χ1n) is 9.43. The third kappa shape index (κ3) is 6.75. The summed E-state index contributed by atoms with van der Waals surface area (Å²) >= 11 is 0. The van der Waals surface area contributed by atoms with Crippen molar-refractivity contribution in [3.63, 3.8) is 0 Å². The van der Waals surface area contributed by atoms with Crippen molar-refractivity contribution in [2.24, 2.45) is 4.99 Å². The lowest BCUT2D eigenvalue weighted by molar-refractivity contribution is -0.138. The Morgan fingerprint density at radius 1 is 1.10 bits per heavy atom. The molecular formula is C21H24F4N4O. The molecule has 162 valence electrons. The molecule has 0 aliphatic carbocycles. The van der Waals surface area contributed by atoms with Crippen molar-refractivity contribution < 1.29 is 22.4 Å². The van der Waals surface area contributed by atoms with Crippen LogP contribution in [0.15, 0.2) is 47.5 Å². The van der Waals surface area contributed by atoms with Crippen LogP contribution in [0.25, 0.3) is 0 Å². The fraction of sp³-hybridized carbons (Fsp3) is 0.333. The van der Waals surface area contributed by atoms with Gasteiger partial charge in [0.1, 0.15) is 5.82 Å². The highest BCUT2D eigenvalue weighted by molar-refractivity contribution is 5.94. The van der Waals surface area contributed by atoms with Crippen molar-refractivity contribution in [2.75, 3.05) is 20.1 Å². The Kier molecular flexibility index (Phi) is 8.20. The van der Waals surface area contributed by atoms with Gasteiger partial charge in [-0.25, -0.2) is 9.38 Å². The highest BCUT2D eigenvalue weighted by Crippen LogP contribution is 2.32. The smallest absolute Gasteiger partial charge is 0.357 e. The number of guanidine groups is 1. The largest absolute Gasteiger partial charge is 0.416 e. The molecule has 5 nitrogen and oxygen atoms in total. The van der Waals surface area contributed by atoms with Crippen LogP contribution in [0.4, 0.5) is 17.6 Å². The fourth-order valence-electron chi connectivity index (χ4n) is 2.79. The van der Waals surface area contributed by atoms with Crippen LogP contribution in [0.5, 0.6) is 0 Å². The zero-order valence-electron chi connectivity index (χ0n) is 16.7. The van der Waals surface area contributed by atoms with Gasteiger partial charge in [-0.05, 0) is 48.7 Å². The van der Waals surface area contributed by atoms with Gasteiger partial charge in [0.05, 0.1) is 12.1 Å². The van der Waals surface area contributed by atoms with Gasteiger partial charge < -0.3 is 16.0 Å². The number of halogens is 4. The minimum absolute atomic E-state index is 0.112. The van der Waals surface area contributed by atoms with Crippen LogP contribution < -0.4 is 16.0 Å². The predicted octanol–water partition coefficient (Wildman–Crippen LogP) is 3.50. The quantitative estimate of drug-likeness (QED) is 0.362. The number of alkyl halides is 3. The molecule has 0 aliphatic heterocycles. The Morgan fingerprint density at radius 2 is 1.87 bits per heavy atom. The summed E-state index contributed by atoms with van der Waals surface area (Å²) in [4.78, 5) is 15.9. The van der Waals surface area contributed by atoms with E-state index in [1.54, 1.807) is 25.2 Å². The fourth-order valence-corrected chi connectivity index (χ4v) is 2.79. The maximum Gasteiger partial charge on any atom is 0.416 e. The average molecular weight is 424 g/mol. The van der Waals surface area contributed by atoms with E-state index in [2.05, 4.69) is 20.9 Å². The molecule has 9 heteroatoms. The van der Waals surface area contributed by atoms with Crippen molar-refractivity contribution >= 4 is 11.9 Å². The van der Waals surface area contributed by atoms with Gasteiger partial charge in [0, 0.05) is 25.7 Å². The van der Waals surface area contributed by atoms with Crippen molar-refractivity contribution in [2.45, 2.75) is 26.1 Å². The lowest BCUT2D eigenvalue weighted by Gasteiger charge is -2.14. The molecule has 30 heavy (non-hydrogen) atoms. The Hall–Kier alpha value is -3.10. The van der Waals surface area contributed by atoms with Gasteiger partial charge in [-0.15, -0.1) is 0 Å². The minimum Gasteiger partial charge on any atom is -0.357 e. The predicted molar refractivity (Wildman–Crippen MR) is 108 cm³/mol. The zero-order chi connectivity index (χ0) is 22.1. The van der Waals surface area contributed by atoms with Crippen LogP contribution in [0, 0.1) is 5.82 Å². The standard InChI is InChI=1S/C21H24F4N4O/c1-3-27-20(28-10-9-14-5-4-6-15(11-14)19(30)26-2)29-13-16-7-8-17(22)12-18(16)21(23,24)25/h4-8,11-12H,3,9-10,13H2,1-2H3,(H,26,30)(H2,27,28,29). The van der Waals surface area contributed by atoms with E-state index in [-0.39, 0.29) is 18.0 Å². The normalized spacial score (nSPS) is 11.9. The lowest BCUT2D eigenvalue weighted by Crippen LogP contribution is -2.38. The van der Waals surface area contributed by atoms with E-state index in [1.807, 2.05) is 13.0 Å². The van der Waals surface area contributed by atoms with Crippen molar-refractivity contribution in [3.8, 4) is 0 Å². The van der Waals surface area contributed by atoms with Gasteiger partial charge in [-0.2, -0.15) is 13.2 Å². The zero-order valence-corrected chi connectivity index (χ0v) is 16.7.